The molecule has 4 rings (SSSR count). The van der Waals surface area contributed by atoms with Crippen LogP contribution in [0.5, 0.6) is 0 Å². The predicted octanol–water partition coefficient (Wildman–Crippen LogP) is 4.31. The van der Waals surface area contributed by atoms with E-state index in [1.54, 1.807) is 6.20 Å². The van der Waals surface area contributed by atoms with Gasteiger partial charge in [0.05, 0.1) is 11.9 Å². The van der Waals surface area contributed by atoms with Gasteiger partial charge in [-0.25, -0.2) is 9.67 Å². The molecule has 0 unspecified atom stereocenters. The van der Waals surface area contributed by atoms with Gasteiger partial charge in [-0.1, -0.05) is 37.5 Å². The molecule has 0 radical (unpaired) electrons. The summed E-state index contributed by atoms with van der Waals surface area (Å²) in [6, 6.07) is 9.95. The second kappa shape index (κ2) is 7.83. The number of benzene rings is 1. The van der Waals surface area contributed by atoms with Gasteiger partial charge in [-0.15, -0.1) is 11.3 Å². The number of rotatable bonds is 5. The molecule has 1 fully saturated rings. The monoisotopic (exact) mass is 366 g/mol. The Labute approximate surface area is 157 Å². The number of nitrogens with zero attached hydrogens (tertiary/aromatic N) is 3. The van der Waals surface area contributed by atoms with Crippen molar-refractivity contribution in [3.8, 4) is 16.3 Å². The lowest BCUT2D eigenvalue weighted by molar-refractivity contribution is 0.0939. The van der Waals surface area contributed by atoms with Gasteiger partial charge in [-0.3, -0.25) is 4.79 Å². The van der Waals surface area contributed by atoms with Crippen LogP contribution in [0.15, 0.2) is 48.1 Å². The van der Waals surface area contributed by atoms with Gasteiger partial charge in [-0.2, -0.15) is 5.10 Å². The molecule has 26 heavy (non-hydrogen) atoms. The van der Waals surface area contributed by atoms with Gasteiger partial charge in [0.25, 0.3) is 5.91 Å². The van der Waals surface area contributed by atoms with Crippen LogP contribution in [0.2, 0.25) is 0 Å². The molecule has 5 nitrogen and oxygen atoms in total. The maximum Gasteiger partial charge on any atom is 0.270 e. The molecular formula is C20H22N4OS. The molecular weight excluding hydrogens is 344 g/mol. The minimum Gasteiger partial charge on any atom is -0.350 e. The molecule has 0 saturated heterocycles. The Morgan fingerprint density at radius 3 is 2.81 bits per heavy atom. The first kappa shape index (κ1) is 17.0. The number of hydrogen-bond donors (Lipinski definition) is 1. The van der Waals surface area contributed by atoms with E-state index in [0.29, 0.717) is 11.6 Å². The molecule has 0 bridgehead atoms. The predicted molar refractivity (Wildman–Crippen MR) is 104 cm³/mol. The topological polar surface area (TPSA) is 59.8 Å². The molecule has 2 aromatic heterocycles. The van der Waals surface area contributed by atoms with Gasteiger partial charge in [-0.05, 0) is 30.9 Å². The number of thiazole rings is 1. The Kier molecular flexibility index (Phi) is 5.11. The van der Waals surface area contributed by atoms with Crippen LogP contribution in [0.4, 0.5) is 0 Å². The Morgan fingerprint density at radius 1 is 1.19 bits per heavy atom. The van der Waals surface area contributed by atoms with Gasteiger partial charge < -0.3 is 5.32 Å². The molecule has 1 N–H and O–H groups in total. The Balaban J connectivity index is 1.41. The number of carbonyl (C=O) groups excluding carboxylic acids is 1. The van der Waals surface area contributed by atoms with E-state index in [0.717, 1.165) is 22.8 Å². The zero-order chi connectivity index (χ0) is 17.8. The summed E-state index contributed by atoms with van der Waals surface area (Å²) < 4.78 is 1.82. The van der Waals surface area contributed by atoms with E-state index in [4.69, 9.17) is 0 Å². The summed E-state index contributed by atoms with van der Waals surface area (Å²) in [6.07, 6.45) is 10.1. The molecule has 0 spiro atoms. The minimum atomic E-state index is -0.0754. The van der Waals surface area contributed by atoms with Crippen molar-refractivity contribution in [2.45, 2.75) is 32.1 Å². The van der Waals surface area contributed by atoms with E-state index < -0.39 is 0 Å². The van der Waals surface area contributed by atoms with Gasteiger partial charge in [0.1, 0.15) is 10.7 Å². The number of hydrogen-bond acceptors (Lipinski definition) is 4. The van der Waals surface area contributed by atoms with Crippen molar-refractivity contribution in [2.24, 2.45) is 5.92 Å². The lowest BCUT2D eigenvalue weighted by Gasteiger charge is -2.21. The third kappa shape index (κ3) is 3.85. The van der Waals surface area contributed by atoms with Crippen molar-refractivity contribution in [3.05, 3.63) is 53.8 Å². The summed E-state index contributed by atoms with van der Waals surface area (Å²) in [4.78, 5) is 16.9. The van der Waals surface area contributed by atoms with Gasteiger partial charge in [0.2, 0.25) is 0 Å². The maximum atomic E-state index is 12.4. The van der Waals surface area contributed by atoms with Crippen molar-refractivity contribution in [2.75, 3.05) is 6.54 Å². The summed E-state index contributed by atoms with van der Waals surface area (Å²) >= 11 is 1.48. The highest BCUT2D eigenvalue weighted by molar-refractivity contribution is 7.13. The molecule has 134 valence electrons. The minimum absolute atomic E-state index is 0.0754. The summed E-state index contributed by atoms with van der Waals surface area (Å²) in [5.41, 5.74) is 2.42. The largest absolute Gasteiger partial charge is 0.350 e. The van der Waals surface area contributed by atoms with E-state index in [2.05, 4.69) is 15.4 Å². The third-order valence-corrected chi connectivity index (χ3v) is 5.75. The average molecular weight is 366 g/mol. The molecule has 1 aliphatic carbocycles. The van der Waals surface area contributed by atoms with Gasteiger partial charge in [0.15, 0.2) is 0 Å². The van der Waals surface area contributed by atoms with E-state index in [1.165, 1.54) is 43.4 Å². The van der Waals surface area contributed by atoms with Crippen molar-refractivity contribution < 1.29 is 4.79 Å². The van der Waals surface area contributed by atoms with Crippen molar-refractivity contribution in [1.29, 1.82) is 0 Å². The second-order valence-corrected chi connectivity index (χ2v) is 7.62. The fraction of sp³-hybridized carbons (Fsp3) is 0.350. The van der Waals surface area contributed by atoms with Crippen molar-refractivity contribution in [3.63, 3.8) is 0 Å². The Hall–Kier alpha value is -2.47. The zero-order valence-corrected chi connectivity index (χ0v) is 15.4. The lowest BCUT2D eigenvalue weighted by atomic mass is 9.89. The molecule has 1 aliphatic rings. The molecule has 6 heteroatoms. The SMILES string of the molecule is O=C(NCC1CCCCC1)c1csc(-c2cnn(-c3ccccc3)c2)n1. The third-order valence-electron chi connectivity index (χ3n) is 4.86. The molecule has 3 aromatic rings. The molecule has 1 aromatic carbocycles. The van der Waals surface area contributed by atoms with Crippen LogP contribution in [0.1, 0.15) is 42.6 Å². The molecule has 0 atom stereocenters. The number of para-hydroxylation sites is 1. The highest BCUT2D eigenvalue weighted by Gasteiger charge is 2.17. The van der Waals surface area contributed by atoms with Crippen LogP contribution in [-0.4, -0.2) is 27.2 Å². The zero-order valence-electron chi connectivity index (χ0n) is 14.6. The first-order valence-electron chi connectivity index (χ1n) is 9.14. The molecule has 1 saturated carbocycles. The second-order valence-electron chi connectivity index (χ2n) is 6.76. The first-order chi connectivity index (χ1) is 12.8. The highest BCUT2D eigenvalue weighted by Crippen LogP contribution is 2.25. The molecule has 1 amide bonds. The van der Waals surface area contributed by atoms with Gasteiger partial charge in [0, 0.05) is 23.7 Å². The van der Waals surface area contributed by atoms with Gasteiger partial charge >= 0.3 is 0 Å². The van der Waals surface area contributed by atoms with Crippen LogP contribution >= 0.6 is 11.3 Å². The summed E-state index contributed by atoms with van der Waals surface area (Å²) in [7, 11) is 0. The quantitative estimate of drug-likeness (QED) is 0.732. The summed E-state index contributed by atoms with van der Waals surface area (Å²) in [6.45, 7) is 0.762. The van der Waals surface area contributed by atoms with Crippen LogP contribution in [0, 0.1) is 5.92 Å². The highest BCUT2D eigenvalue weighted by atomic mass is 32.1. The number of aromatic nitrogens is 3. The fourth-order valence-corrected chi connectivity index (χ4v) is 4.16. The van der Waals surface area contributed by atoms with Crippen LogP contribution in [0.25, 0.3) is 16.3 Å². The Morgan fingerprint density at radius 2 is 2.00 bits per heavy atom. The fourth-order valence-electron chi connectivity index (χ4n) is 3.38. The van der Waals surface area contributed by atoms with E-state index in [9.17, 15) is 4.79 Å². The van der Waals surface area contributed by atoms with Crippen molar-refractivity contribution >= 4 is 17.2 Å². The van der Waals surface area contributed by atoms with E-state index in [-0.39, 0.29) is 5.91 Å². The average Bonchev–Trinajstić information content (AvgIpc) is 3.37. The first-order valence-corrected chi connectivity index (χ1v) is 10.0. The van der Waals surface area contributed by atoms with Crippen LogP contribution in [-0.2, 0) is 0 Å². The van der Waals surface area contributed by atoms with E-state index in [1.807, 2.05) is 46.6 Å². The summed E-state index contributed by atoms with van der Waals surface area (Å²) in [5, 5.41) is 10.1. The molecule has 0 aliphatic heterocycles. The maximum absolute atomic E-state index is 12.4. The number of carbonyl (C=O) groups is 1. The smallest absolute Gasteiger partial charge is 0.270 e. The lowest BCUT2D eigenvalue weighted by Crippen LogP contribution is -2.30. The van der Waals surface area contributed by atoms with E-state index >= 15 is 0 Å². The Bertz CT molecular complexity index is 865. The number of amides is 1. The normalized spacial score (nSPS) is 15.1. The van der Waals surface area contributed by atoms with Crippen LogP contribution in [0.3, 0.4) is 0 Å². The number of nitrogens with one attached hydrogen (secondary N) is 1. The van der Waals surface area contributed by atoms with Crippen molar-refractivity contribution in [1.82, 2.24) is 20.1 Å². The summed E-state index contributed by atoms with van der Waals surface area (Å²) in [5.74, 6) is 0.545. The van der Waals surface area contributed by atoms with Crippen LogP contribution < -0.4 is 5.32 Å². The standard InChI is InChI=1S/C20H22N4OS/c25-19(21-11-15-7-3-1-4-8-15)18-14-26-20(23-18)16-12-22-24(13-16)17-9-5-2-6-10-17/h2,5-6,9-10,12-15H,1,3-4,7-8,11H2,(H,21,25). The molecule has 2 heterocycles.